The first kappa shape index (κ1) is 24.8. The summed E-state index contributed by atoms with van der Waals surface area (Å²) in [5, 5.41) is 3.83. The summed E-state index contributed by atoms with van der Waals surface area (Å²) < 4.78 is 15.2. The summed E-state index contributed by atoms with van der Waals surface area (Å²) in [6.07, 6.45) is 5.97. The zero-order valence-electron chi connectivity index (χ0n) is 20.6. The van der Waals surface area contributed by atoms with Crippen LogP contribution in [0.15, 0.2) is 48.7 Å². The van der Waals surface area contributed by atoms with Gasteiger partial charge in [-0.25, -0.2) is 4.39 Å². The van der Waals surface area contributed by atoms with Gasteiger partial charge in [-0.15, -0.1) is 0 Å². The maximum absolute atomic E-state index is 15.2. The Bertz CT molecular complexity index is 1190. The Morgan fingerprint density at radius 2 is 1.86 bits per heavy atom. The predicted molar refractivity (Wildman–Crippen MR) is 138 cm³/mol. The van der Waals surface area contributed by atoms with Crippen LogP contribution >= 0.6 is 0 Å². The minimum absolute atomic E-state index is 0.0317. The second kappa shape index (κ2) is 11.4. The van der Waals surface area contributed by atoms with Gasteiger partial charge in [-0.05, 0) is 42.9 Å². The number of rotatable bonds is 9. The van der Waals surface area contributed by atoms with E-state index in [1.54, 1.807) is 6.20 Å². The van der Waals surface area contributed by atoms with Crippen molar-refractivity contribution in [2.75, 3.05) is 24.5 Å². The Balaban J connectivity index is 1.63. The highest BCUT2D eigenvalue weighted by molar-refractivity contribution is 6.02. The fourth-order valence-electron chi connectivity index (χ4n) is 4.84. The fraction of sp³-hybridized carbons (Fsp3) is 0.414. The largest absolute Gasteiger partial charge is 0.369 e. The summed E-state index contributed by atoms with van der Waals surface area (Å²) in [5.41, 5.74) is 3.64. The van der Waals surface area contributed by atoms with E-state index in [4.69, 9.17) is 0 Å². The second-order valence-corrected chi connectivity index (χ2v) is 9.32. The van der Waals surface area contributed by atoms with E-state index in [-0.39, 0.29) is 23.4 Å². The third-order valence-corrected chi connectivity index (χ3v) is 6.93. The van der Waals surface area contributed by atoms with Gasteiger partial charge in [0.25, 0.3) is 0 Å². The van der Waals surface area contributed by atoms with Gasteiger partial charge in [0.1, 0.15) is 5.82 Å². The zero-order valence-corrected chi connectivity index (χ0v) is 20.6. The maximum Gasteiger partial charge on any atom is 0.223 e. The molecule has 4 rings (SSSR count). The van der Waals surface area contributed by atoms with Crippen LogP contribution in [0.25, 0.3) is 10.9 Å². The molecule has 1 saturated heterocycles. The van der Waals surface area contributed by atoms with E-state index in [0.29, 0.717) is 62.1 Å². The van der Waals surface area contributed by atoms with Crippen LogP contribution in [0.3, 0.4) is 0 Å². The molecule has 6 heteroatoms. The quantitative estimate of drug-likeness (QED) is 0.319. The molecule has 0 spiro atoms. The first-order chi connectivity index (χ1) is 17.0. The van der Waals surface area contributed by atoms with Crippen molar-refractivity contribution in [3.63, 3.8) is 0 Å². The summed E-state index contributed by atoms with van der Waals surface area (Å²) in [5.74, 6) is -0.216. The molecular weight excluding hydrogens is 441 g/mol. The number of fused-ring (bicyclic) bond motifs is 1. The van der Waals surface area contributed by atoms with Crippen LogP contribution in [0.2, 0.25) is 0 Å². The number of anilines is 1. The normalized spacial score (nSPS) is 14.3. The number of aromatic nitrogens is 1. The first-order valence-corrected chi connectivity index (χ1v) is 12.7. The van der Waals surface area contributed by atoms with Crippen molar-refractivity contribution in [1.29, 1.82) is 0 Å². The monoisotopic (exact) mass is 475 g/mol. The average molecular weight is 476 g/mol. The maximum atomic E-state index is 15.2. The van der Waals surface area contributed by atoms with Gasteiger partial charge in [0, 0.05) is 55.2 Å². The third-order valence-electron chi connectivity index (χ3n) is 6.93. The second-order valence-electron chi connectivity index (χ2n) is 9.32. The minimum atomic E-state index is -0.323. The van der Waals surface area contributed by atoms with Gasteiger partial charge < -0.3 is 10.2 Å². The smallest absolute Gasteiger partial charge is 0.223 e. The van der Waals surface area contributed by atoms with E-state index >= 15 is 4.39 Å². The number of piperidine rings is 1. The van der Waals surface area contributed by atoms with Gasteiger partial charge in [0.15, 0.2) is 5.78 Å². The van der Waals surface area contributed by atoms with E-state index < -0.39 is 0 Å². The number of Topliss-reactive ketones (excluding diaryl/α,β-unsaturated/α-hetero) is 1. The van der Waals surface area contributed by atoms with Gasteiger partial charge in [0.05, 0.1) is 11.2 Å². The highest BCUT2D eigenvalue weighted by Gasteiger charge is 2.27. The average Bonchev–Trinajstić information content (AvgIpc) is 2.89. The lowest BCUT2D eigenvalue weighted by Crippen LogP contribution is -2.41. The Kier molecular flexibility index (Phi) is 8.11. The molecule has 1 aromatic heterocycles. The van der Waals surface area contributed by atoms with Gasteiger partial charge >= 0.3 is 0 Å². The molecule has 5 nitrogen and oxygen atoms in total. The van der Waals surface area contributed by atoms with E-state index in [1.807, 2.05) is 48.2 Å². The fourth-order valence-corrected chi connectivity index (χ4v) is 4.84. The summed E-state index contributed by atoms with van der Waals surface area (Å²) >= 11 is 0. The predicted octanol–water partition coefficient (Wildman–Crippen LogP) is 5.69. The Hall–Kier alpha value is -3.28. The topological polar surface area (TPSA) is 62.3 Å². The molecule has 2 heterocycles. The summed E-state index contributed by atoms with van der Waals surface area (Å²) in [6.45, 7) is 5.89. The number of carbonyl (C=O) groups excluding carboxylic acids is 2. The molecule has 1 N–H and O–H groups in total. The lowest BCUT2D eigenvalue weighted by molar-refractivity contribution is -0.125. The van der Waals surface area contributed by atoms with Crippen LogP contribution in [-0.4, -0.2) is 36.3 Å². The van der Waals surface area contributed by atoms with Crippen LogP contribution < -0.4 is 10.2 Å². The molecule has 0 atom stereocenters. The lowest BCUT2D eigenvalue weighted by atomic mass is 9.92. The summed E-state index contributed by atoms with van der Waals surface area (Å²) in [4.78, 5) is 31.7. The Morgan fingerprint density at radius 3 is 2.54 bits per heavy atom. The third kappa shape index (κ3) is 5.69. The van der Waals surface area contributed by atoms with Crippen LogP contribution in [0, 0.1) is 11.7 Å². The van der Waals surface area contributed by atoms with E-state index in [0.717, 1.165) is 29.4 Å². The van der Waals surface area contributed by atoms with Crippen molar-refractivity contribution in [3.05, 3.63) is 71.2 Å². The molecule has 0 radical (unpaired) electrons. The lowest BCUT2D eigenvalue weighted by Gasteiger charge is -2.33. The molecule has 2 aromatic carbocycles. The number of pyridine rings is 1. The molecule has 1 aliphatic heterocycles. The molecule has 0 saturated carbocycles. The van der Waals surface area contributed by atoms with Gasteiger partial charge in [-0.1, -0.05) is 50.6 Å². The Morgan fingerprint density at radius 1 is 1.11 bits per heavy atom. The number of benzene rings is 2. The number of unbranched alkanes of at least 4 members (excludes halogenated alkanes) is 1. The number of nitrogens with zero attached hydrogens (tertiary/aromatic N) is 2. The highest BCUT2D eigenvalue weighted by Crippen LogP contribution is 2.33. The molecule has 184 valence electrons. The number of amides is 1. The van der Waals surface area contributed by atoms with E-state index in [9.17, 15) is 9.59 Å². The number of hydrogen-bond acceptors (Lipinski definition) is 4. The van der Waals surface area contributed by atoms with Crippen molar-refractivity contribution >= 4 is 28.3 Å². The molecule has 3 aromatic rings. The van der Waals surface area contributed by atoms with Crippen molar-refractivity contribution in [2.24, 2.45) is 5.92 Å². The summed E-state index contributed by atoms with van der Waals surface area (Å²) in [6, 6.07) is 13.3. The molecule has 0 unspecified atom stereocenters. The SMILES string of the molecule is CCCCNC(=O)C1CCN(c2cc3c(Cc4ccccc4)c(C(=O)CC)cnc3cc2F)CC1. The van der Waals surface area contributed by atoms with Crippen LogP contribution in [-0.2, 0) is 11.2 Å². The first-order valence-electron chi connectivity index (χ1n) is 12.7. The minimum Gasteiger partial charge on any atom is -0.369 e. The zero-order chi connectivity index (χ0) is 24.8. The standard InChI is InChI=1S/C29H34FN3O2/c1-3-5-13-31-29(35)21-11-14-33(15-12-21)27-17-23-22(16-20-9-7-6-8-10-20)24(28(34)4-2)19-32-26(23)18-25(27)30/h6-10,17-19,21H,3-5,11-16H2,1-2H3,(H,31,35). The van der Waals surface area contributed by atoms with Crippen LogP contribution in [0.5, 0.6) is 0 Å². The van der Waals surface area contributed by atoms with Crippen molar-refractivity contribution in [2.45, 2.75) is 52.4 Å². The molecule has 0 bridgehead atoms. The van der Waals surface area contributed by atoms with Crippen molar-refractivity contribution in [3.8, 4) is 0 Å². The number of nitrogens with one attached hydrogen (secondary N) is 1. The Labute approximate surface area is 206 Å². The van der Waals surface area contributed by atoms with Crippen LogP contribution in [0.4, 0.5) is 10.1 Å². The highest BCUT2D eigenvalue weighted by atomic mass is 19.1. The molecule has 1 aliphatic rings. The van der Waals surface area contributed by atoms with E-state index in [1.165, 1.54) is 6.07 Å². The van der Waals surface area contributed by atoms with Gasteiger partial charge in [-0.3, -0.25) is 14.6 Å². The van der Waals surface area contributed by atoms with E-state index in [2.05, 4.69) is 17.2 Å². The molecule has 1 amide bonds. The number of hydrogen-bond donors (Lipinski definition) is 1. The van der Waals surface area contributed by atoms with Crippen molar-refractivity contribution in [1.82, 2.24) is 10.3 Å². The van der Waals surface area contributed by atoms with Gasteiger partial charge in [0.2, 0.25) is 5.91 Å². The molecule has 35 heavy (non-hydrogen) atoms. The molecular formula is C29H34FN3O2. The number of ketones is 1. The number of halogens is 1. The van der Waals surface area contributed by atoms with Crippen LogP contribution in [0.1, 0.15) is 67.4 Å². The summed E-state index contributed by atoms with van der Waals surface area (Å²) in [7, 11) is 0. The molecule has 1 fully saturated rings. The van der Waals surface area contributed by atoms with Gasteiger partial charge in [-0.2, -0.15) is 0 Å². The molecule has 0 aliphatic carbocycles. The number of carbonyl (C=O) groups is 2. The van der Waals surface area contributed by atoms with Crippen molar-refractivity contribution < 1.29 is 14.0 Å².